The Bertz CT molecular complexity index is 143. The molecule has 0 radical (unpaired) electrons. The summed E-state index contributed by atoms with van der Waals surface area (Å²) in [4.78, 5) is 10.2. The molecule has 0 aromatic rings. The number of carboxylic acids is 1. The molecule has 0 heterocycles. The highest BCUT2D eigenvalue weighted by atomic mass is 35.5. The Morgan fingerprint density at radius 1 is 1.73 bits per heavy atom. The smallest absolute Gasteiger partial charge is 0.303 e. The minimum Gasteiger partial charge on any atom is -0.481 e. The number of hydrogen-bond acceptors (Lipinski definition) is 1. The standard InChI is InChI=1S/C8H13ClO2/c1-2-3-4-7(6-9)5-8(10)11/h3-4,7H,2,5-6H2,1H3,(H,10,11). The molecule has 0 aliphatic rings. The highest BCUT2D eigenvalue weighted by Gasteiger charge is 2.07. The average Bonchev–Trinajstić information content (AvgIpc) is 1.97. The molecule has 0 fully saturated rings. The number of aliphatic carboxylic acids is 1. The van der Waals surface area contributed by atoms with Gasteiger partial charge in [-0.25, -0.2) is 0 Å². The van der Waals surface area contributed by atoms with E-state index in [4.69, 9.17) is 16.7 Å². The Morgan fingerprint density at radius 2 is 2.36 bits per heavy atom. The molecule has 0 amide bonds. The lowest BCUT2D eigenvalue weighted by Gasteiger charge is -2.03. The summed E-state index contributed by atoms with van der Waals surface area (Å²) in [7, 11) is 0. The summed E-state index contributed by atoms with van der Waals surface area (Å²) in [6, 6.07) is 0. The molecule has 11 heavy (non-hydrogen) atoms. The van der Waals surface area contributed by atoms with Crippen LogP contribution in [-0.2, 0) is 4.79 Å². The topological polar surface area (TPSA) is 37.3 Å². The van der Waals surface area contributed by atoms with Crippen LogP contribution in [0.5, 0.6) is 0 Å². The summed E-state index contributed by atoms with van der Waals surface area (Å²) >= 11 is 5.53. The zero-order valence-electron chi connectivity index (χ0n) is 6.59. The highest BCUT2D eigenvalue weighted by molar-refractivity contribution is 6.18. The van der Waals surface area contributed by atoms with Gasteiger partial charge in [0, 0.05) is 11.8 Å². The van der Waals surface area contributed by atoms with Crippen LogP contribution in [0.15, 0.2) is 12.2 Å². The molecule has 0 spiro atoms. The van der Waals surface area contributed by atoms with Gasteiger partial charge >= 0.3 is 5.97 Å². The Morgan fingerprint density at radius 3 is 2.73 bits per heavy atom. The van der Waals surface area contributed by atoms with Gasteiger partial charge in [0.1, 0.15) is 0 Å². The molecule has 64 valence electrons. The quantitative estimate of drug-likeness (QED) is 0.516. The van der Waals surface area contributed by atoms with Crippen molar-refractivity contribution in [3.63, 3.8) is 0 Å². The van der Waals surface area contributed by atoms with Gasteiger partial charge < -0.3 is 5.11 Å². The SMILES string of the molecule is CCC=CC(CCl)CC(=O)O. The second kappa shape index (κ2) is 6.23. The van der Waals surface area contributed by atoms with Gasteiger partial charge in [0.15, 0.2) is 0 Å². The van der Waals surface area contributed by atoms with Crippen LogP contribution < -0.4 is 0 Å². The minimum absolute atomic E-state index is 0.0193. The highest BCUT2D eigenvalue weighted by Crippen LogP contribution is 2.07. The summed E-state index contributed by atoms with van der Waals surface area (Å²) in [5, 5.41) is 8.42. The Hall–Kier alpha value is -0.500. The summed E-state index contributed by atoms with van der Waals surface area (Å²) in [5.41, 5.74) is 0. The first-order valence-corrected chi connectivity index (χ1v) is 4.18. The van der Waals surface area contributed by atoms with Gasteiger partial charge in [-0.15, -0.1) is 11.6 Å². The Balaban J connectivity index is 3.75. The maximum atomic E-state index is 10.2. The van der Waals surface area contributed by atoms with E-state index in [2.05, 4.69) is 0 Å². The van der Waals surface area contributed by atoms with Crippen molar-refractivity contribution in [1.29, 1.82) is 0 Å². The molecule has 1 unspecified atom stereocenters. The van der Waals surface area contributed by atoms with Crippen molar-refractivity contribution in [2.24, 2.45) is 5.92 Å². The van der Waals surface area contributed by atoms with Crippen LogP contribution in [0, 0.1) is 5.92 Å². The van der Waals surface area contributed by atoms with Gasteiger partial charge in [0.2, 0.25) is 0 Å². The summed E-state index contributed by atoms with van der Waals surface area (Å²) in [6.07, 6.45) is 4.85. The van der Waals surface area contributed by atoms with Crippen molar-refractivity contribution < 1.29 is 9.90 Å². The van der Waals surface area contributed by atoms with Crippen molar-refractivity contribution in [1.82, 2.24) is 0 Å². The van der Waals surface area contributed by atoms with Crippen LogP contribution in [0.4, 0.5) is 0 Å². The van der Waals surface area contributed by atoms with E-state index < -0.39 is 5.97 Å². The van der Waals surface area contributed by atoms with Crippen LogP contribution in [0.3, 0.4) is 0 Å². The lowest BCUT2D eigenvalue weighted by Crippen LogP contribution is -2.06. The predicted molar refractivity (Wildman–Crippen MR) is 45.9 cm³/mol. The van der Waals surface area contributed by atoms with Crippen LogP contribution in [-0.4, -0.2) is 17.0 Å². The molecule has 0 saturated carbocycles. The van der Waals surface area contributed by atoms with Gasteiger partial charge in [-0.2, -0.15) is 0 Å². The molecular formula is C8H13ClO2. The lowest BCUT2D eigenvalue weighted by atomic mass is 10.1. The number of hydrogen-bond donors (Lipinski definition) is 1. The van der Waals surface area contributed by atoms with E-state index in [0.717, 1.165) is 6.42 Å². The van der Waals surface area contributed by atoms with Crippen molar-refractivity contribution in [2.75, 3.05) is 5.88 Å². The monoisotopic (exact) mass is 176 g/mol. The largest absolute Gasteiger partial charge is 0.481 e. The van der Waals surface area contributed by atoms with Crippen molar-refractivity contribution >= 4 is 17.6 Å². The predicted octanol–water partition coefficient (Wildman–Crippen LogP) is 2.28. The number of carboxylic acid groups (broad SMARTS) is 1. The third-order valence-electron chi connectivity index (χ3n) is 1.28. The molecule has 0 rings (SSSR count). The van der Waals surface area contributed by atoms with Crippen LogP contribution in [0.25, 0.3) is 0 Å². The first-order chi connectivity index (χ1) is 5.20. The van der Waals surface area contributed by atoms with E-state index in [1.807, 2.05) is 19.1 Å². The summed E-state index contributed by atoms with van der Waals surface area (Å²) in [6.45, 7) is 2.00. The minimum atomic E-state index is -0.795. The molecule has 2 nitrogen and oxygen atoms in total. The van der Waals surface area contributed by atoms with E-state index in [-0.39, 0.29) is 12.3 Å². The van der Waals surface area contributed by atoms with E-state index in [9.17, 15) is 4.79 Å². The van der Waals surface area contributed by atoms with Gasteiger partial charge in [-0.1, -0.05) is 19.1 Å². The van der Waals surface area contributed by atoms with E-state index in [1.165, 1.54) is 0 Å². The van der Waals surface area contributed by atoms with Crippen molar-refractivity contribution in [3.05, 3.63) is 12.2 Å². The maximum Gasteiger partial charge on any atom is 0.303 e. The van der Waals surface area contributed by atoms with Crippen LogP contribution in [0.2, 0.25) is 0 Å². The fraction of sp³-hybridized carbons (Fsp3) is 0.625. The first kappa shape index (κ1) is 10.5. The molecule has 0 bridgehead atoms. The third-order valence-corrected chi connectivity index (χ3v) is 1.68. The molecule has 1 N–H and O–H groups in total. The molecule has 0 aromatic carbocycles. The zero-order valence-corrected chi connectivity index (χ0v) is 7.34. The number of allylic oxidation sites excluding steroid dienone is 2. The fourth-order valence-corrected chi connectivity index (χ4v) is 0.939. The first-order valence-electron chi connectivity index (χ1n) is 3.65. The van der Waals surface area contributed by atoms with Gasteiger partial charge in [0.05, 0.1) is 6.42 Å². The third kappa shape index (κ3) is 5.92. The van der Waals surface area contributed by atoms with Crippen LogP contribution >= 0.6 is 11.6 Å². The number of halogens is 1. The Kier molecular flexibility index (Phi) is 5.94. The average molecular weight is 177 g/mol. The molecule has 1 atom stereocenters. The van der Waals surface area contributed by atoms with Gasteiger partial charge in [-0.3, -0.25) is 4.79 Å². The number of carbonyl (C=O) groups is 1. The second-order valence-electron chi connectivity index (χ2n) is 2.35. The zero-order chi connectivity index (χ0) is 8.69. The fourth-order valence-electron chi connectivity index (χ4n) is 0.727. The van der Waals surface area contributed by atoms with Gasteiger partial charge in [0.25, 0.3) is 0 Å². The van der Waals surface area contributed by atoms with E-state index in [1.54, 1.807) is 0 Å². The molecular weight excluding hydrogens is 164 g/mol. The Labute approximate surface area is 71.9 Å². The van der Waals surface area contributed by atoms with Crippen LogP contribution in [0.1, 0.15) is 19.8 Å². The molecule has 0 aliphatic heterocycles. The second-order valence-corrected chi connectivity index (χ2v) is 2.66. The number of rotatable bonds is 5. The molecule has 0 saturated heterocycles. The van der Waals surface area contributed by atoms with E-state index in [0.29, 0.717) is 5.88 Å². The van der Waals surface area contributed by atoms with Gasteiger partial charge in [-0.05, 0) is 6.42 Å². The van der Waals surface area contributed by atoms with Crippen molar-refractivity contribution in [3.8, 4) is 0 Å². The maximum absolute atomic E-state index is 10.2. The molecule has 0 aliphatic carbocycles. The van der Waals surface area contributed by atoms with E-state index >= 15 is 0 Å². The summed E-state index contributed by atoms with van der Waals surface area (Å²) in [5.74, 6) is -0.437. The number of alkyl halides is 1. The molecule has 3 heteroatoms. The molecule has 0 aromatic heterocycles. The normalized spacial score (nSPS) is 13.6. The lowest BCUT2D eigenvalue weighted by molar-refractivity contribution is -0.137. The van der Waals surface area contributed by atoms with Crippen molar-refractivity contribution in [2.45, 2.75) is 19.8 Å². The summed E-state index contributed by atoms with van der Waals surface area (Å²) < 4.78 is 0.